The number of nitrogens with one attached hydrogen (secondary N) is 2. The van der Waals surface area contributed by atoms with Crippen LogP contribution >= 0.6 is 11.6 Å². The zero-order chi connectivity index (χ0) is 21.2. The van der Waals surface area contributed by atoms with Crippen molar-refractivity contribution in [1.29, 1.82) is 0 Å². The molecule has 2 rings (SSSR count). The molecule has 0 bridgehead atoms. The largest absolute Gasteiger partial charge is 0.346 e. The number of rotatable bonds is 6. The van der Waals surface area contributed by atoms with Crippen LogP contribution in [0.4, 0.5) is 0 Å². The van der Waals surface area contributed by atoms with E-state index in [4.69, 9.17) is 11.6 Å². The van der Waals surface area contributed by atoms with Crippen molar-refractivity contribution in [3.63, 3.8) is 0 Å². The lowest BCUT2D eigenvalue weighted by molar-refractivity contribution is -0.895. The molecule has 1 amide bonds. The average Bonchev–Trinajstić information content (AvgIpc) is 2.52. The van der Waals surface area contributed by atoms with Gasteiger partial charge in [0.25, 0.3) is 5.91 Å². The zero-order valence-corrected chi connectivity index (χ0v) is 19.1. The summed E-state index contributed by atoms with van der Waals surface area (Å²) in [4.78, 5) is 13.8. The third-order valence-corrected chi connectivity index (χ3v) is 6.85. The summed E-state index contributed by atoms with van der Waals surface area (Å²) in [7, 11) is -3.55. The molecule has 1 aromatic rings. The normalized spacial score (nSPS) is 17.5. The maximum absolute atomic E-state index is 12.8. The fourth-order valence-electron chi connectivity index (χ4n) is 4.01. The SMILES string of the molecule is CC(C)(C)CC(C)(C)NC(=O)C[NH+]1CCN(S(=O)(=O)c2cccc(Cl)c2)CC1. The molecule has 158 valence electrons. The van der Waals surface area contributed by atoms with Crippen LogP contribution in [0.2, 0.25) is 5.02 Å². The third-order valence-electron chi connectivity index (χ3n) is 4.72. The Morgan fingerprint density at radius 1 is 1.18 bits per heavy atom. The summed E-state index contributed by atoms with van der Waals surface area (Å²) in [5, 5.41) is 3.53. The Balaban J connectivity index is 1.89. The van der Waals surface area contributed by atoms with E-state index >= 15 is 0 Å². The molecule has 8 heteroatoms. The monoisotopic (exact) mass is 430 g/mol. The smallest absolute Gasteiger partial charge is 0.275 e. The lowest BCUT2D eigenvalue weighted by Gasteiger charge is -2.35. The van der Waals surface area contributed by atoms with Crippen molar-refractivity contribution in [2.45, 2.75) is 51.5 Å². The molecule has 0 atom stereocenters. The molecule has 1 aromatic carbocycles. The van der Waals surface area contributed by atoms with Gasteiger partial charge in [-0.15, -0.1) is 0 Å². The lowest BCUT2D eigenvalue weighted by Crippen LogP contribution is -3.16. The highest BCUT2D eigenvalue weighted by Crippen LogP contribution is 2.26. The number of halogens is 1. The van der Waals surface area contributed by atoms with Crippen LogP contribution in [-0.2, 0) is 14.8 Å². The second kappa shape index (κ2) is 8.69. The Bertz CT molecular complexity index is 795. The van der Waals surface area contributed by atoms with Crippen molar-refractivity contribution in [1.82, 2.24) is 9.62 Å². The van der Waals surface area contributed by atoms with Gasteiger partial charge in [-0.25, -0.2) is 8.42 Å². The first-order valence-corrected chi connectivity index (χ1v) is 11.5. The molecule has 2 N–H and O–H groups in total. The second-order valence-corrected chi connectivity index (χ2v) is 11.8. The van der Waals surface area contributed by atoms with Crippen LogP contribution in [0.1, 0.15) is 41.0 Å². The average molecular weight is 431 g/mol. The minimum absolute atomic E-state index is 0.00963. The molecule has 0 aliphatic carbocycles. The van der Waals surface area contributed by atoms with Crippen LogP contribution in [0.15, 0.2) is 29.2 Å². The number of quaternary nitrogens is 1. The first-order chi connectivity index (χ1) is 12.8. The maximum atomic E-state index is 12.8. The van der Waals surface area contributed by atoms with Gasteiger partial charge in [0.1, 0.15) is 0 Å². The summed E-state index contributed by atoms with van der Waals surface area (Å²) in [6.07, 6.45) is 0.882. The fraction of sp³-hybridized carbons (Fsp3) is 0.650. The van der Waals surface area contributed by atoms with E-state index in [9.17, 15) is 13.2 Å². The minimum Gasteiger partial charge on any atom is -0.346 e. The fourth-order valence-corrected chi connectivity index (χ4v) is 5.76. The molecule has 0 spiro atoms. The van der Waals surface area contributed by atoms with Gasteiger partial charge in [-0.2, -0.15) is 4.31 Å². The van der Waals surface area contributed by atoms with Gasteiger partial charge in [-0.05, 0) is 43.9 Å². The number of benzene rings is 1. The van der Waals surface area contributed by atoms with Crippen LogP contribution in [0, 0.1) is 5.41 Å². The molecular formula is C20H33ClN3O3S+. The predicted molar refractivity (Wildman–Crippen MR) is 112 cm³/mol. The van der Waals surface area contributed by atoms with Gasteiger partial charge in [0, 0.05) is 10.6 Å². The summed E-state index contributed by atoms with van der Waals surface area (Å²) in [5.41, 5.74) is -0.142. The topological polar surface area (TPSA) is 70.9 Å². The molecule has 0 aromatic heterocycles. The number of hydrogen-bond donors (Lipinski definition) is 2. The van der Waals surface area contributed by atoms with E-state index in [0.29, 0.717) is 37.7 Å². The molecule has 6 nitrogen and oxygen atoms in total. The van der Waals surface area contributed by atoms with Gasteiger partial charge >= 0.3 is 0 Å². The first kappa shape index (κ1) is 23.1. The third kappa shape index (κ3) is 6.72. The van der Waals surface area contributed by atoms with Crippen molar-refractivity contribution in [2.24, 2.45) is 5.41 Å². The Kier molecular flexibility index (Phi) is 7.18. The zero-order valence-electron chi connectivity index (χ0n) is 17.5. The molecule has 1 fully saturated rings. The molecule has 1 aliphatic heterocycles. The quantitative estimate of drug-likeness (QED) is 0.719. The highest BCUT2D eigenvalue weighted by atomic mass is 35.5. The number of carbonyl (C=O) groups excluding carboxylic acids is 1. The van der Waals surface area contributed by atoms with Crippen molar-refractivity contribution in [2.75, 3.05) is 32.7 Å². The van der Waals surface area contributed by atoms with E-state index in [-0.39, 0.29) is 21.8 Å². The molecule has 1 aliphatic rings. The van der Waals surface area contributed by atoms with Crippen molar-refractivity contribution >= 4 is 27.5 Å². The Morgan fingerprint density at radius 2 is 1.79 bits per heavy atom. The first-order valence-electron chi connectivity index (χ1n) is 9.69. The van der Waals surface area contributed by atoms with E-state index in [1.54, 1.807) is 18.2 Å². The van der Waals surface area contributed by atoms with Crippen LogP contribution < -0.4 is 10.2 Å². The van der Waals surface area contributed by atoms with Gasteiger partial charge in [-0.3, -0.25) is 4.79 Å². The Hall–Kier alpha value is -1.15. The maximum Gasteiger partial charge on any atom is 0.275 e. The van der Waals surface area contributed by atoms with Gasteiger partial charge in [0.05, 0.1) is 31.1 Å². The van der Waals surface area contributed by atoms with Crippen molar-refractivity contribution in [3.05, 3.63) is 29.3 Å². The van der Waals surface area contributed by atoms with E-state index in [1.165, 1.54) is 10.4 Å². The van der Waals surface area contributed by atoms with Crippen LogP contribution in [0.3, 0.4) is 0 Å². The number of piperazine rings is 1. The van der Waals surface area contributed by atoms with Gasteiger partial charge in [-0.1, -0.05) is 38.4 Å². The molecule has 0 unspecified atom stereocenters. The minimum atomic E-state index is -3.55. The van der Waals surface area contributed by atoms with Crippen molar-refractivity contribution in [3.8, 4) is 0 Å². The lowest BCUT2D eigenvalue weighted by atomic mass is 9.82. The molecule has 0 saturated carbocycles. The number of carbonyl (C=O) groups is 1. The summed E-state index contributed by atoms with van der Waals surface area (Å²) >= 11 is 5.93. The standard InChI is InChI=1S/C20H32ClN3O3S/c1-19(2,3)15-20(4,5)22-18(25)14-23-9-11-24(12-10-23)28(26,27)17-8-6-7-16(21)13-17/h6-8,13H,9-12,14-15H2,1-5H3,(H,22,25)/p+1. The predicted octanol–water partition coefficient (Wildman–Crippen LogP) is 1.56. The Morgan fingerprint density at radius 3 is 2.32 bits per heavy atom. The van der Waals surface area contributed by atoms with E-state index in [0.717, 1.165) is 11.3 Å². The summed E-state index contributed by atoms with van der Waals surface area (Å²) < 4.78 is 27.0. The number of sulfonamides is 1. The van der Waals surface area contributed by atoms with Crippen LogP contribution in [-0.4, -0.2) is 56.9 Å². The highest BCUT2D eigenvalue weighted by Gasteiger charge is 2.32. The summed E-state index contributed by atoms with van der Waals surface area (Å²) in [5.74, 6) is 0.00963. The molecule has 0 radical (unpaired) electrons. The van der Waals surface area contributed by atoms with Crippen molar-refractivity contribution < 1.29 is 18.1 Å². The molecule has 28 heavy (non-hydrogen) atoms. The Labute approximate surface area is 174 Å². The van der Waals surface area contributed by atoms with E-state index < -0.39 is 10.0 Å². The van der Waals surface area contributed by atoms with Gasteiger partial charge in [0.15, 0.2) is 6.54 Å². The summed E-state index contributed by atoms with van der Waals surface area (Å²) in [6.45, 7) is 12.9. The van der Waals surface area contributed by atoms with Crippen LogP contribution in [0.25, 0.3) is 0 Å². The van der Waals surface area contributed by atoms with Crippen LogP contribution in [0.5, 0.6) is 0 Å². The molecular weight excluding hydrogens is 398 g/mol. The highest BCUT2D eigenvalue weighted by molar-refractivity contribution is 7.89. The number of nitrogens with zero attached hydrogens (tertiary/aromatic N) is 1. The van der Waals surface area contributed by atoms with Gasteiger partial charge in [0.2, 0.25) is 10.0 Å². The molecule has 1 heterocycles. The molecule has 1 saturated heterocycles. The second-order valence-electron chi connectivity index (χ2n) is 9.46. The number of amides is 1. The number of hydrogen-bond acceptors (Lipinski definition) is 3. The summed E-state index contributed by atoms with van der Waals surface area (Å²) in [6, 6.07) is 6.33. The van der Waals surface area contributed by atoms with Gasteiger partial charge < -0.3 is 10.2 Å². The van der Waals surface area contributed by atoms with E-state index in [1.807, 2.05) is 13.8 Å². The van der Waals surface area contributed by atoms with E-state index in [2.05, 4.69) is 26.1 Å².